The molecule has 0 aliphatic rings. The summed E-state index contributed by atoms with van der Waals surface area (Å²) in [5, 5.41) is 0. The topological polar surface area (TPSA) is 104 Å². The molecular weight excluding hydrogens is 458 g/mol. The Hall–Kier alpha value is -1.35. The van der Waals surface area contributed by atoms with Crippen molar-refractivity contribution in [3.05, 3.63) is 65.2 Å². The van der Waals surface area contributed by atoms with Crippen molar-refractivity contribution in [3.8, 4) is 5.75 Å². The molecule has 0 bridgehead atoms. The van der Waals surface area contributed by atoms with Crippen molar-refractivity contribution in [2.75, 3.05) is 0 Å². The molecule has 0 saturated heterocycles. The van der Waals surface area contributed by atoms with E-state index in [4.69, 9.17) is 14.7 Å². The van der Waals surface area contributed by atoms with Gasteiger partial charge in [-0.05, 0) is 23.3 Å². The third kappa shape index (κ3) is 6.31. The fraction of sp³-hybridized carbons (Fsp3) is 0.250. The molecule has 0 saturated carbocycles. The van der Waals surface area contributed by atoms with Crippen LogP contribution >= 0.6 is 27.0 Å². The summed E-state index contributed by atoms with van der Waals surface area (Å²) in [6.45, 7) is 0. The first kappa shape index (κ1) is 23.9. The Bertz CT molecular complexity index is 918. The van der Waals surface area contributed by atoms with E-state index in [0.717, 1.165) is 17.7 Å². The Morgan fingerprint density at radius 1 is 0.897 bits per heavy atom. The zero-order chi connectivity index (χ0) is 21.9. The van der Waals surface area contributed by atoms with Gasteiger partial charge in [0.1, 0.15) is 5.75 Å². The van der Waals surface area contributed by atoms with Crippen LogP contribution in [0.2, 0.25) is 0 Å². The average molecular weight is 474 g/mol. The molecule has 2 aromatic carbocycles. The highest BCUT2D eigenvalue weighted by Gasteiger charge is 2.50. The van der Waals surface area contributed by atoms with Gasteiger partial charge in [-0.2, -0.15) is 29.3 Å². The molecule has 1 unspecified atom stereocenters. The van der Waals surface area contributed by atoms with E-state index in [1.807, 2.05) is 0 Å². The first-order valence-electron chi connectivity index (χ1n) is 7.83. The van der Waals surface area contributed by atoms with E-state index in [9.17, 15) is 26.7 Å². The fourth-order valence-corrected chi connectivity index (χ4v) is 4.04. The van der Waals surface area contributed by atoms with Crippen molar-refractivity contribution in [1.82, 2.24) is 0 Å². The largest absolute Gasteiger partial charge is 0.442 e. The molecule has 0 radical (unpaired) electrons. The van der Waals surface area contributed by atoms with Crippen LogP contribution in [-0.4, -0.2) is 20.8 Å². The van der Waals surface area contributed by atoms with E-state index in [-0.39, 0.29) is 5.75 Å². The molecule has 0 aromatic heterocycles. The van der Waals surface area contributed by atoms with Crippen LogP contribution in [0, 0.1) is 0 Å². The number of alkyl halides is 4. The molecule has 0 amide bonds. The molecule has 6 nitrogen and oxygen atoms in total. The van der Waals surface area contributed by atoms with Gasteiger partial charge in [0, 0.05) is 17.1 Å². The van der Waals surface area contributed by atoms with Crippen molar-refractivity contribution >= 4 is 27.0 Å². The molecule has 0 spiro atoms. The van der Waals surface area contributed by atoms with Gasteiger partial charge >= 0.3 is 27.0 Å². The van der Waals surface area contributed by atoms with Gasteiger partial charge in [-0.1, -0.05) is 36.4 Å². The van der Waals surface area contributed by atoms with Gasteiger partial charge < -0.3 is 19.2 Å². The Morgan fingerprint density at radius 2 is 1.34 bits per heavy atom. The maximum absolute atomic E-state index is 13.6. The lowest BCUT2D eigenvalue weighted by molar-refractivity contribution is 0.0564. The lowest BCUT2D eigenvalue weighted by Crippen LogP contribution is -2.13. The van der Waals surface area contributed by atoms with Crippen LogP contribution < -0.4 is 4.52 Å². The van der Waals surface area contributed by atoms with Crippen molar-refractivity contribution in [3.63, 3.8) is 0 Å². The number of halogens is 4. The second-order valence-corrected chi connectivity index (χ2v) is 10.2. The van der Waals surface area contributed by atoms with Crippen LogP contribution in [-0.2, 0) is 26.3 Å². The first-order chi connectivity index (χ1) is 13.3. The Kier molecular flexibility index (Phi) is 7.59. The van der Waals surface area contributed by atoms with Gasteiger partial charge in [0.15, 0.2) is 0 Å². The average Bonchev–Trinajstić information content (AvgIpc) is 2.62. The zero-order valence-corrected chi connectivity index (χ0v) is 17.1. The second-order valence-electron chi connectivity index (χ2n) is 5.85. The minimum absolute atomic E-state index is 0.175. The van der Waals surface area contributed by atoms with Crippen LogP contribution in [0.5, 0.6) is 5.75 Å². The maximum Gasteiger partial charge on any atom is 0.442 e. The van der Waals surface area contributed by atoms with Crippen LogP contribution in [0.25, 0.3) is 0 Å². The second kappa shape index (κ2) is 9.20. The molecule has 0 heterocycles. The van der Waals surface area contributed by atoms with Gasteiger partial charge in [-0.3, -0.25) is 4.57 Å². The number of hydrogen-bond donors (Lipinski definition) is 3. The highest BCUT2D eigenvalue weighted by molar-refractivity contribution is 7.97. The Labute approximate surface area is 167 Å². The van der Waals surface area contributed by atoms with E-state index < -0.39 is 32.6 Å². The van der Waals surface area contributed by atoms with Crippen molar-refractivity contribution < 1.29 is 45.9 Å². The van der Waals surface area contributed by atoms with Gasteiger partial charge in [0.2, 0.25) is 0 Å². The van der Waals surface area contributed by atoms with E-state index in [0.29, 0.717) is 17.1 Å². The molecule has 13 heteroatoms. The molecule has 0 aliphatic carbocycles. The molecule has 0 aliphatic heterocycles. The fourth-order valence-electron chi connectivity index (χ4n) is 2.09. The third-order valence-electron chi connectivity index (χ3n) is 3.61. The lowest BCUT2D eigenvalue weighted by atomic mass is 10.1. The van der Waals surface area contributed by atoms with Gasteiger partial charge in [0.05, 0.1) is 0 Å². The van der Waals surface area contributed by atoms with Gasteiger partial charge in [0.25, 0.3) is 0 Å². The normalized spacial score (nSPS) is 14.6. The molecule has 3 N–H and O–H groups in total. The molecule has 29 heavy (non-hydrogen) atoms. The van der Waals surface area contributed by atoms with Gasteiger partial charge in [-0.15, -0.1) is 0 Å². The highest BCUT2D eigenvalue weighted by Crippen LogP contribution is 2.59. The minimum Gasteiger partial charge on any atom is -0.421 e. The Morgan fingerprint density at radius 3 is 1.76 bits per heavy atom. The van der Waals surface area contributed by atoms with Crippen LogP contribution in [0.4, 0.5) is 17.6 Å². The summed E-state index contributed by atoms with van der Waals surface area (Å²) in [5.41, 5.74) is -3.62. The Balaban J connectivity index is 1.90. The minimum atomic E-state index is -5.61. The standard InChI is InChI=1S/C16H16F4O6P2S/c17-15(18)27(21,22)26-14-7-3-12(4-8-14)10-29-9-11-1-5-13(6-2-11)16(19,20)28(23,24)25/h1-8,15H,9-10H2,(H,21,22)(H2,23,24,25). The van der Waals surface area contributed by atoms with E-state index in [1.165, 1.54) is 48.2 Å². The van der Waals surface area contributed by atoms with Crippen molar-refractivity contribution in [1.29, 1.82) is 0 Å². The zero-order valence-electron chi connectivity index (χ0n) is 14.5. The van der Waals surface area contributed by atoms with E-state index >= 15 is 0 Å². The van der Waals surface area contributed by atoms with Crippen LogP contribution in [0.15, 0.2) is 48.5 Å². The summed E-state index contributed by atoms with van der Waals surface area (Å²) < 4.78 is 78.2. The SMILES string of the molecule is O=P(O)(Oc1ccc(CSCc2ccc(C(F)(F)P(=O)(O)O)cc2)cc1)C(F)F. The number of rotatable bonds is 9. The molecule has 160 valence electrons. The summed E-state index contributed by atoms with van der Waals surface area (Å²) in [7, 11) is -10.6. The van der Waals surface area contributed by atoms with Crippen molar-refractivity contribution in [2.24, 2.45) is 0 Å². The summed E-state index contributed by atoms with van der Waals surface area (Å²) >= 11 is 1.40. The highest BCUT2D eigenvalue weighted by atomic mass is 32.2. The lowest BCUT2D eigenvalue weighted by Gasteiger charge is -2.18. The maximum atomic E-state index is 13.6. The smallest absolute Gasteiger partial charge is 0.421 e. The third-order valence-corrected chi connectivity index (χ3v) is 6.64. The summed E-state index contributed by atoms with van der Waals surface area (Å²) in [6.07, 6.45) is -3.51. The van der Waals surface area contributed by atoms with Crippen LogP contribution in [0.1, 0.15) is 16.7 Å². The predicted octanol–water partition coefficient (Wildman–Crippen LogP) is 5.13. The monoisotopic (exact) mass is 474 g/mol. The quantitative estimate of drug-likeness (QED) is 0.342. The van der Waals surface area contributed by atoms with E-state index in [1.54, 1.807) is 0 Å². The number of hydrogen-bond acceptors (Lipinski definition) is 4. The molecule has 2 rings (SSSR count). The molecule has 1 atom stereocenters. The molecule has 0 fully saturated rings. The summed E-state index contributed by atoms with van der Waals surface area (Å²) in [5.74, 6) is 0.704. The van der Waals surface area contributed by atoms with Gasteiger partial charge in [-0.25, -0.2) is 4.57 Å². The van der Waals surface area contributed by atoms with Crippen LogP contribution in [0.3, 0.4) is 0 Å². The molecular formula is C16H16F4O6P2S. The number of thioether (sulfide) groups is 1. The summed E-state index contributed by atoms with van der Waals surface area (Å²) in [6, 6.07) is 10.2. The van der Waals surface area contributed by atoms with E-state index in [2.05, 4.69) is 4.52 Å². The van der Waals surface area contributed by atoms with Crippen molar-refractivity contribution in [2.45, 2.75) is 23.3 Å². The number of benzene rings is 2. The first-order valence-corrected chi connectivity index (χ1v) is 12.2. The molecule has 2 aromatic rings. The summed E-state index contributed by atoms with van der Waals surface area (Å²) in [4.78, 5) is 26.4. The predicted molar refractivity (Wildman–Crippen MR) is 100 cm³/mol.